The van der Waals surface area contributed by atoms with Crippen molar-refractivity contribution in [2.45, 2.75) is 51.8 Å². The van der Waals surface area contributed by atoms with Crippen molar-refractivity contribution in [3.63, 3.8) is 0 Å². The molecular weight excluding hydrogens is 406 g/mol. The van der Waals surface area contributed by atoms with Crippen LogP contribution in [0.1, 0.15) is 52.0 Å². The van der Waals surface area contributed by atoms with Gasteiger partial charge in [-0.15, -0.1) is 11.3 Å². The topological polar surface area (TPSA) is 38.8 Å². The van der Waals surface area contributed by atoms with Gasteiger partial charge in [0.1, 0.15) is 6.61 Å². The van der Waals surface area contributed by atoms with Gasteiger partial charge in [0.2, 0.25) is 0 Å². The van der Waals surface area contributed by atoms with Crippen LogP contribution in [0.2, 0.25) is 0 Å². The van der Waals surface area contributed by atoms with E-state index < -0.39 is 0 Å². The van der Waals surface area contributed by atoms with Crippen LogP contribution in [0, 0.1) is 6.92 Å². The average Bonchev–Trinajstić information content (AvgIpc) is 3.50. The number of benzene rings is 2. The van der Waals surface area contributed by atoms with E-state index in [-0.39, 0.29) is 11.9 Å². The third-order valence-corrected chi connectivity index (χ3v) is 6.71. The van der Waals surface area contributed by atoms with E-state index >= 15 is 0 Å². The Balaban J connectivity index is 1.56. The highest BCUT2D eigenvalue weighted by Crippen LogP contribution is 2.32. The van der Waals surface area contributed by atoms with E-state index in [0.29, 0.717) is 24.7 Å². The molecule has 0 aliphatic heterocycles. The molecule has 1 fully saturated rings. The van der Waals surface area contributed by atoms with Crippen molar-refractivity contribution in [3.05, 3.63) is 81.5 Å². The van der Waals surface area contributed by atoms with Gasteiger partial charge in [-0.3, -0.25) is 4.79 Å². The molecule has 162 valence electrons. The predicted molar refractivity (Wildman–Crippen MR) is 125 cm³/mol. The Labute approximate surface area is 188 Å². The summed E-state index contributed by atoms with van der Waals surface area (Å²) in [5, 5.41) is 2.04. The van der Waals surface area contributed by atoms with Gasteiger partial charge < -0.3 is 14.4 Å². The number of carbonyl (C=O) groups excluding carboxylic acids is 1. The maximum Gasteiger partial charge on any atom is 0.254 e. The highest BCUT2D eigenvalue weighted by molar-refractivity contribution is 7.09. The molecule has 1 heterocycles. The van der Waals surface area contributed by atoms with E-state index in [1.807, 2.05) is 65.7 Å². The number of thiophene rings is 1. The van der Waals surface area contributed by atoms with Gasteiger partial charge >= 0.3 is 0 Å². The first-order chi connectivity index (χ1) is 15.1. The molecule has 0 radical (unpaired) electrons. The minimum absolute atomic E-state index is 0.101. The highest BCUT2D eigenvalue weighted by Gasteiger charge is 2.28. The minimum atomic E-state index is 0.101. The molecule has 0 N–H and O–H groups in total. The SMILES string of the molecule is COc1ccc(CN(C(=O)c2ccc(C)cc2)C2CCCC2)cc1OCc1cccs1. The van der Waals surface area contributed by atoms with Crippen molar-refractivity contribution >= 4 is 17.2 Å². The highest BCUT2D eigenvalue weighted by atomic mass is 32.1. The van der Waals surface area contributed by atoms with E-state index in [1.54, 1.807) is 18.4 Å². The summed E-state index contributed by atoms with van der Waals surface area (Å²) in [7, 11) is 1.65. The summed E-state index contributed by atoms with van der Waals surface area (Å²) < 4.78 is 11.6. The summed E-state index contributed by atoms with van der Waals surface area (Å²) in [6.45, 7) is 3.11. The summed E-state index contributed by atoms with van der Waals surface area (Å²) in [5.74, 6) is 1.52. The summed E-state index contributed by atoms with van der Waals surface area (Å²) >= 11 is 1.67. The third kappa shape index (κ3) is 5.28. The van der Waals surface area contributed by atoms with Gasteiger partial charge in [-0.25, -0.2) is 0 Å². The molecule has 2 aromatic carbocycles. The van der Waals surface area contributed by atoms with Crippen LogP contribution < -0.4 is 9.47 Å². The number of hydrogen-bond acceptors (Lipinski definition) is 4. The summed E-state index contributed by atoms with van der Waals surface area (Å²) in [5.41, 5.74) is 2.96. The molecule has 0 spiro atoms. The second kappa shape index (κ2) is 10.0. The van der Waals surface area contributed by atoms with Gasteiger partial charge in [0.05, 0.1) is 7.11 Å². The number of hydrogen-bond donors (Lipinski definition) is 0. The largest absolute Gasteiger partial charge is 0.493 e. The normalized spacial score (nSPS) is 13.9. The Morgan fingerprint density at radius 1 is 1.06 bits per heavy atom. The Morgan fingerprint density at radius 2 is 1.84 bits per heavy atom. The summed E-state index contributed by atoms with van der Waals surface area (Å²) in [6, 6.07) is 18.2. The molecule has 0 bridgehead atoms. The molecule has 1 aliphatic rings. The zero-order chi connectivity index (χ0) is 21.6. The smallest absolute Gasteiger partial charge is 0.254 e. The third-order valence-electron chi connectivity index (χ3n) is 5.86. The van der Waals surface area contributed by atoms with Gasteiger partial charge in [0, 0.05) is 23.0 Å². The second-order valence-corrected chi connectivity index (χ2v) is 9.12. The maximum absolute atomic E-state index is 13.4. The van der Waals surface area contributed by atoms with E-state index in [9.17, 15) is 4.79 Å². The lowest BCUT2D eigenvalue weighted by molar-refractivity contribution is 0.0664. The van der Waals surface area contributed by atoms with Crippen LogP contribution in [0.15, 0.2) is 60.0 Å². The summed E-state index contributed by atoms with van der Waals surface area (Å²) in [6.07, 6.45) is 4.49. The van der Waals surface area contributed by atoms with Gasteiger partial charge in [-0.05, 0) is 61.0 Å². The number of aryl methyl sites for hydroxylation is 1. The molecule has 1 saturated carbocycles. The molecule has 0 atom stereocenters. The fraction of sp³-hybridized carbons (Fsp3) is 0.346. The van der Waals surface area contributed by atoms with Crippen molar-refractivity contribution in [2.24, 2.45) is 0 Å². The van der Waals surface area contributed by atoms with Gasteiger partial charge in [0.25, 0.3) is 5.91 Å². The van der Waals surface area contributed by atoms with Gasteiger partial charge in [-0.1, -0.05) is 42.7 Å². The number of nitrogens with zero attached hydrogens (tertiary/aromatic N) is 1. The van der Waals surface area contributed by atoms with Crippen molar-refractivity contribution in [1.29, 1.82) is 0 Å². The number of rotatable bonds is 8. The molecule has 1 aromatic heterocycles. The zero-order valence-corrected chi connectivity index (χ0v) is 19.0. The van der Waals surface area contributed by atoms with Gasteiger partial charge in [0.15, 0.2) is 11.5 Å². The Bertz CT molecular complexity index is 992. The van der Waals surface area contributed by atoms with Crippen LogP contribution in [0.4, 0.5) is 0 Å². The fourth-order valence-electron chi connectivity index (χ4n) is 4.12. The van der Waals surface area contributed by atoms with Crippen LogP contribution >= 0.6 is 11.3 Å². The maximum atomic E-state index is 13.4. The molecule has 1 aliphatic carbocycles. The molecular formula is C26H29NO3S. The first-order valence-corrected chi connectivity index (χ1v) is 11.7. The lowest BCUT2D eigenvalue weighted by Crippen LogP contribution is -2.38. The minimum Gasteiger partial charge on any atom is -0.493 e. The van der Waals surface area contributed by atoms with E-state index in [1.165, 1.54) is 12.8 Å². The Kier molecular flexibility index (Phi) is 6.92. The molecule has 4 nitrogen and oxygen atoms in total. The summed E-state index contributed by atoms with van der Waals surface area (Å²) in [4.78, 5) is 16.6. The van der Waals surface area contributed by atoms with Gasteiger partial charge in [-0.2, -0.15) is 0 Å². The van der Waals surface area contributed by atoms with Crippen LogP contribution in [0.5, 0.6) is 11.5 Å². The number of ether oxygens (including phenoxy) is 2. The first kappa shape index (κ1) is 21.4. The standard InChI is InChI=1S/C26H29NO3S/c1-19-9-12-21(13-10-19)26(28)27(22-6-3-4-7-22)17-20-11-14-24(29-2)25(16-20)30-18-23-8-5-15-31-23/h5,8-16,22H,3-4,6-7,17-18H2,1-2H3. The number of amides is 1. The zero-order valence-electron chi connectivity index (χ0n) is 18.2. The Morgan fingerprint density at radius 3 is 2.52 bits per heavy atom. The number of methoxy groups -OCH3 is 1. The lowest BCUT2D eigenvalue weighted by Gasteiger charge is -2.29. The quantitative estimate of drug-likeness (QED) is 0.421. The molecule has 4 rings (SSSR count). The lowest BCUT2D eigenvalue weighted by atomic mass is 10.1. The van der Waals surface area contributed by atoms with E-state index in [4.69, 9.17) is 9.47 Å². The fourth-order valence-corrected chi connectivity index (χ4v) is 4.73. The van der Waals surface area contributed by atoms with Crippen molar-refractivity contribution in [3.8, 4) is 11.5 Å². The van der Waals surface area contributed by atoms with Crippen LogP contribution in [0.25, 0.3) is 0 Å². The molecule has 5 heteroatoms. The molecule has 3 aromatic rings. The van der Waals surface area contributed by atoms with Crippen molar-refractivity contribution < 1.29 is 14.3 Å². The average molecular weight is 436 g/mol. The molecule has 31 heavy (non-hydrogen) atoms. The number of carbonyl (C=O) groups is 1. The van der Waals surface area contributed by atoms with E-state index in [0.717, 1.165) is 34.4 Å². The first-order valence-electron chi connectivity index (χ1n) is 10.8. The van der Waals surface area contributed by atoms with E-state index in [2.05, 4.69) is 6.07 Å². The van der Waals surface area contributed by atoms with Crippen molar-refractivity contribution in [2.75, 3.05) is 7.11 Å². The molecule has 0 saturated heterocycles. The van der Waals surface area contributed by atoms with Crippen LogP contribution in [-0.4, -0.2) is 24.0 Å². The Hall–Kier alpha value is -2.79. The molecule has 0 unspecified atom stereocenters. The molecule has 1 amide bonds. The predicted octanol–water partition coefficient (Wildman–Crippen LogP) is 6.23. The second-order valence-electron chi connectivity index (χ2n) is 8.09. The van der Waals surface area contributed by atoms with Crippen LogP contribution in [0.3, 0.4) is 0 Å². The van der Waals surface area contributed by atoms with Crippen molar-refractivity contribution in [1.82, 2.24) is 4.90 Å². The van der Waals surface area contributed by atoms with Crippen LogP contribution in [-0.2, 0) is 13.2 Å². The monoisotopic (exact) mass is 435 g/mol.